The number of para-hydroxylation sites is 1. The van der Waals surface area contributed by atoms with Crippen molar-refractivity contribution < 1.29 is 13.7 Å². The molecule has 1 aromatic carbocycles. The number of benzene rings is 1. The zero-order chi connectivity index (χ0) is 19.8. The molecule has 0 atom stereocenters. The lowest BCUT2D eigenvalue weighted by Gasteiger charge is -2.32. The Morgan fingerprint density at radius 3 is 2.83 bits per heavy atom. The van der Waals surface area contributed by atoms with Crippen molar-refractivity contribution >= 4 is 16.9 Å². The van der Waals surface area contributed by atoms with Crippen LogP contribution in [-0.2, 0) is 6.42 Å². The molecule has 0 spiro atoms. The third-order valence-electron chi connectivity index (χ3n) is 6.19. The van der Waals surface area contributed by atoms with Crippen molar-refractivity contribution in [2.24, 2.45) is 0 Å². The fourth-order valence-corrected chi connectivity index (χ4v) is 4.59. The van der Waals surface area contributed by atoms with Gasteiger partial charge in [0.05, 0.1) is 5.69 Å². The largest absolute Gasteiger partial charge is 0.445 e. The van der Waals surface area contributed by atoms with E-state index in [-0.39, 0.29) is 5.91 Å². The van der Waals surface area contributed by atoms with Gasteiger partial charge in [-0.3, -0.25) is 4.79 Å². The highest BCUT2D eigenvalue weighted by Crippen LogP contribution is 2.32. The SMILES string of the molecule is Cc1nc2c(o1)CCCN(CCN1CCC(c3noc4ccccc34)CC1)C2=O. The highest BCUT2D eigenvalue weighted by atomic mass is 16.5. The molecule has 1 fully saturated rings. The normalized spacial score (nSPS) is 18.9. The lowest BCUT2D eigenvalue weighted by molar-refractivity contribution is 0.0727. The van der Waals surface area contributed by atoms with Crippen molar-refractivity contribution in [1.82, 2.24) is 19.9 Å². The van der Waals surface area contributed by atoms with E-state index in [1.165, 1.54) is 0 Å². The fourth-order valence-electron chi connectivity index (χ4n) is 4.59. The van der Waals surface area contributed by atoms with E-state index in [0.717, 1.165) is 80.8 Å². The van der Waals surface area contributed by atoms with Gasteiger partial charge in [0.25, 0.3) is 5.91 Å². The molecule has 2 aliphatic rings. The first kappa shape index (κ1) is 18.4. The Bertz CT molecular complexity index is 1020. The molecule has 0 N–H and O–H groups in total. The number of aryl methyl sites for hydroxylation is 2. The summed E-state index contributed by atoms with van der Waals surface area (Å²) in [5.41, 5.74) is 2.47. The van der Waals surface area contributed by atoms with E-state index in [0.29, 0.717) is 17.5 Å². The van der Waals surface area contributed by atoms with Gasteiger partial charge < -0.3 is 18.7 Å². The second kappa shape index (κ2) is 7.63. The number of likely N-dealkylation sites (tertiary alicyclic amines) is 1. The predicted molar refractivity (Wildman–Crippen MR) is 108 cm³/mol. The van der Waals surface area contributed by atoms with Crippen molar-refractivity contribution in [2.75, 3.05) is 32.7 Å². The summed E-state index contributed by atoms with van der Waals surface area (Å²) in [5.74, 6) is 1.77. The van der Waals surface area contributed by atoms with Crippen molar-refractivity contribution in [1.29, 1.82) is 0 Å². The standard InChI is InChI=1S/C22H26N4O3/c1-15-23-21-19(28-15)7-4-10-26(22(21)27)14-13-25-11-8-16(9-12-25)20-17-5-2-3-6-18(17)29-24-20/h2-3,5-6,16H,4,7-14H2,1H3. The third-order valence-corrected chi connectivity index (χ3v) is 6.19. The van der Waals surface area contributed by atoms with Gasteiger partial charge in [0, 0.05) is 44.3 Å². The van der Waals surface area contributed by atoms with Crippen LogP contribution in [-0.4, -0.2) is 58.6 Å². The first-order chi connectivity index (χ1) is 14.2. The number of fused-ring (bicyclic) bond motifs is 2. The van der Waals surface area contributed by atoms with Crippen molar-refractivity contribution in [2.45, 2.75) is 38.5 Å². The minimum atomic E-state index is 0.0123. The van der Waals surface area contributed by atoms with E-state index in [2.05, 4.69) is 21.1 Å². The second-order valence-corrected chi connectivity index (χ2v) is 8.08. The van der Waals surface area contributed by atoms with Crippen LogP contribution < -0.4 is 0 Å². The summed E-state index contributed by atoms with van der Waals surface area (Å²) in [5, 5.41) is 5.48. The lowest BCUT2D eigenvalue weighted by Crippen LogP contribution is -2.41. The Morgan fingerprint density at radius 2 is 1.97 bits per heavy atom. The first-order valence-electron chi connectivity index (χ1n) is 10.5. The molecular weight excluding hydrogens is 368 g/mol. The van der Waals surface area contributed by atoms with Gasteiger partial charge in [-0.2, -0.15) is 0 Å². The third kappa shape index (κ3) is 3.55. The molecule has 5 rings (SSSR count). The van der Waals surface area contributed by atoms with Crippen LogP contribution in [0.1, 0.15) is 53.0 Å². The van der Waals surface area contributed by atoms with Gasteiger partial charge in [0.1, 0.15) is 5.76 Å². The van der Waals surface area contributed by atoms with Gasteiger partial charge in [-0.15, -0.1) is 0 Å². The number of rotatable bonds is 4. The van der Waals surface area contributed by atoms with Crippen LogP contribution >= 0.6 is 0 Å². The molecule has 0 unspecified atom stereocenters. The molecule has 1 amide bonds. The Morgan fingerprint density at radius 1 is 1.14 bits per heavy atom. The number of hydrogen-bond donors (Lipinski definition) is 0. The second-order valence-electron chi connectivity index (χ2n) is 8.08. The monoisotopic (exact) mass is 394 g/mol. The number of nitrogens with zero attached hydrogens (tertiary/aromatic N) is 4. The number of hydrogen-bond acceptors (Lipinski definition) is 6. The van der Waals surface area contributed by atoms with Crippen LogP contribution in [0, 0.1) is 6.92 Å². The maximum Gasteiger partial charge on any atom is 0.276 e. The molecule has 2 aromatic heterocycles. The van der Waals surface area contributed by atoms with Crippen molar-refractivity contribution in [3.8, 4) is 0 Å². The maximum atomic E-state index is 12.8. The highest BCUT2D eigenvalue weighted by molar-refractivity contribution is 5.93. The summed E-state index contributed by atoms with van der Waals surface area (Å²) in [7, 11) is 0. The smallest absolute Gasteiger partial charge is 0.276 e. The summed E-state index contributed by atoms with van der Waals surface area (Å²) in [6, 6.07) is 8.09. The molecule has 1 saturated heterocycles. The highest BCUT2D eigenvalue weighted by Gasteiger charge is 2.29. The Balaban J connectivity index is 1.18. The number of amides is 1. The maximum absolute atomic E-state index is 12.8. The van der Waals surface area contributed by atoms with E-state index in [4.69, 9.17) is 8.94 Å². The molecule has 0 saturated carbocycles. The minimum absolute atomic E-state index is 0.0123. The Kier molecular flexibility index (Phi) is 4.83. The molecule has 0 radical (unpaired) electrons. The molecule has 152 valence electrons. The van der Waals surface area contributed by atoms with Gasteiger partial charge in [-0.1, -0.05) is 17.3 Å². The van der Waals surface area contributed by atoms with Crippen LogP contribution in [0.15, 0.2) is 33.2 Å². The summed E-state index contributed by atoms with van der Waals surface area (Å²) in [6.07, 6.45) is 3.85. The number of aromatic nitrogens is 2. The van der Waals surface area contributed by atoms with E-state index < -0.39 is 0 Å². The molecule has 2 aliphatic heterocycles. The number of oxazole rings is 1. The molecule has 3 aromatic rings. The summed E-state index contributed by atoms with van der Waals surface area (Å²) < 4.78 is 11.1. The van der Waals surface area contributed by atoms with Gasteiger partial charge in [-0.05, 0) is 44.5 Å². The predicted octanol–water partition coefficient (Wildman–Crippen LogP) is 3.39. The average molecular weight is 394 g/mol. The molecule has 4 heterocycles. The zero-order valence-corrected chi connectivity index (χ0v) is 16.8. The van der Waals surface area contributed by atoms with Crippen molar-refractivity contribution in [3.63, 3.8) is 0 Å². The van der Waals surface area contributed by atoms with E-state index >= 15 is 0 Å². The van der Waals surface area contributed by atoms with Crippen LogP contribution in [0.2, 0.25) is 0 Å². The van der Waals surface area contributed by atoms with Crippen LogP contribution in [0.4, 0.5) is 0 Å². The van der Waals surface area contributed by atoms with Gasteiger partial charge in [0.15, 0.2) is 17.2 Å². The van der Waals surface area contributed by atoms with Crippen LogP contribution in [0.3, 0.4) is 0 Å². The molecule has 29 heavy (non-hydrogen) atoms. The summed E-state index contributed by atoms with van der Waals surface area (Å²) in [4.78, 5) is 21.5. The van der Waals surface area contributed by atoms with Crippen molar-refractivity contribution in [3.05, 3.63) is 47.3 Å². The lowest BCUT2D eigenvalue weighted by atomic mass is 9.91. The number of carbonyl (C=O) groups is 1. The minimum Gasteiger partial charge on any atom is -0.445 e. The quantitative estimate of drug-likeness (QED) is 0.675. The topological polar surface area (TPSA) is 75.6 Å². The van der Waals surface area contributed by atoms with E-state index in [1.807, 2.05) is 23.1 Å². The van der Waals surface area contributed by atoms with Gasteiger partial charge in [-0.25, -0.2) is 4.98 Å². The molecule has 7 heteroatoms. The fraction of sp³-hybridized carbons (Fsp3) is 0.500. The average Bonchev–Trinajstić information content (AvgIpc) is 3.30. The molecule has 0 aliphatic carbocycles. The molecule has 0 bridgehead atoms. The van der Waals surface area contributed by atoms with Gasteiger partial charge in [0.2, 0.25) is 0 Å². The van der Waals surface area contributed by atoms with Crippen LogP contribution in [0.5, 0.6) is 0 Å². The molecular formula is C22H26N4O3. The zero-order valence-electron chi connectivity index (χ0n) is 16.8. The number of carbonyl (C=O) groups excluding carboxylic acids is 1. The Hall–Kier alpha value is -2.67. The number of piperidine rings is 1. The first-order valence-corrected chi connectivity index (χ1v) is 10.5. The summed E-state index contributed by atoms with van der Waals surface area (Å²) in [6.45, 7) is 6.23. The van der Waals surface area contributed by atoms with Crippen LogP contribution in [0.25, 0.3) is 11.0 Å². The van der Waals surface area contributed by atoms with E-state index in [1.54, 1.807) is 6.92 Å². The van der Waals surface area contributed by atoms with E-state index in [9.17, 15) is 4.79 Å². The Labute approximate surface area is 169 Å². The van der Waals surface area contributed by atoms with Gasteiger partial charge >= 0.3 is 0 Å². The molecule has 7 nitrogen and oxygen atoms in total. The summed E-state index contributed by atoms with van der Waals surface area (Å²) >= 11 is 0.